The molecule has 13 nitrogen and oxygen atoms in total. The molecule has 0 radical (unpaired) electrons. The predicted octanol–water partition coefficient (Wildman–Crippen LogP) is 3.77. The lowest BCUT2D eigenvalue weighted by Crippen LogP contribution is -2.44. The fourth-order valence-electron chi connectivity index (χ4n) is 4.16. The molecule has 0 fully saturated rings. The average molecular weight is 631 g/mol. The van der Waals surface area contributed by atoms with Crippen LogP contribution in [0, 0.1) is 0 Å². The third-order valence-corrected chi connectivity index (χ3v) is 6.63. The maximum atomic E-state index is 13.4. The van der Waals surface area contributed by atoms with Crippen LogP contribution in [-0.4, -0.2) is 63.7 Å². The van der Waals surface area contributed by atoms with Crippen LogP contribution in [0.5, 0.6) is 0 Å². The molecule has 4 aromatic rings. The molecule has 0 aliphatic heterocycles. The number of carbonyl (C=O) groups excluding carboxylic acids is 4. The Labute approximate surface area is 264 Å². The van der Waals surface area contributed by atoms with Crippen LogP contribution in [0.2, 0.25) is 5.02 Å². The van der Waals surface area contributed by atoms with Gasteiger partial charge in [0.2, 0.25) is 11.8 Å². The highest BCUT2D eigenvalue weighted by atomic mass is 35.5. The SMILES string of the molecule is COC(=O)CCCNC(=O)Nc1ccc(NC(=O)C(Cc2ccccc2)NC(=O)C=Cc2cc(Cl)ccc2-n2cnnn2)cc1. The van der Waals surface area contributed by atoms with E-state index >= 15 is 0 Å². The molecule has 0 aliphatic carbocycles. The van der Waals surface area contributed by atoms with Gasteiger partial charge in [0.1, 0.15) is 12.4 Å². The number of ether oxygens (including phenoxy) is 1. The summed E-state index contributed by atoms with van der Waals surface area (Å²) in [6.07, 6.45) is 5.20. The van der Waals surface area contributed by atoms with E-state index in [1.54, 1.807) is 48.5 Å². The van der Waals surface area contributed by atoms with Crippen molar-refractivity contribution in [3.05, 3.63) is 101 Å². The number of hydrogen-bond acceptors (Lipinski definition) is 8. The molecule has 0 spiro atoms. The van der Waals surface area contributed by atoms with Gasteiger partial charge in [0, 0.05) is 47.4 Å². The highest BCUT2D eigenvalue weighted by Crippen LogP contribution is 2.20. The number of halogens is 1. The molecule has 1 aromatic heterocycles. The molecule has 14 heteroatoms. The number of anilines is 2. The Morgan fingerprint density at radius 1 is 0.978 bits per heavy atom. The minimum Gasteiger partial charge on any atom is -0.469 e. The van der Waals surface area contributed by atoms with E-state index in [9.17, 15) is 19.2 Å². The highest BCUT2D eigenvalue weighted by molar-refractivity contribution is 6.30. The second kappa shape index (κ2) is 16.3. The van der Waals surface area contributed by atoms with Gasteiger partial charge >= 0.3 is 12.0 Å². The summed E-state index contributed by atoms with van der Waals surface area (Å²) in [5.74, 6) is -1.27. The van der Waals surface area contributed by atoms with E-state index in [0.717, 1.165) is 5.56 Å². The number of hydrogen-bond donors (Lipinski definition) is 4. The van der Waals surface area contributed by atoms with E-state index in [1.807, 2.05) is 30.3 Å². The lowest BCUT2D eigenvalue weighted by atomic mass is 10.0. The van der Waals surface area contributed by atoms with Gasteiger partial charge in [0.05, 0.1) is 12.8 Å². The first-order valence-corrected chi connectivity index (χ1v) is 14.3. The van der Waals surface area contributed by atoms with Crippen LogP contribution in [-0.2, 0) is 25.5 Å². The molecule has 45 heavy (non-hydrogen) atoms. The fourth-order valence-corrected chi connectivity index (χ4v) is 4.34. The molecule has 4 amide bonds. The lowest BCUT2D eigenvalue weighted by Gasteiger charge is -2.18. The van der Waals surface area contributed by atoms with Crippen molar-refractivity contribution in [2.75, 3.05) is 24.3 Å². The van der Waals surface area contributed by atoms with Crippen molar-refractivity contribution in [2.24, 2.45) is 0 Å². The molecule has 4 N–H and O–H groups in total. The highest BCUT2D eigenvalue weighted by Gasteiger charge is 2.21. The van der Waals surface area contributed by atoms with Crippen molar-refractivity contribution in [1.29, 1.82) is 0 Å². The van der Waals surface area contributed by atoms with E-state index in [4.69, 9.17) is 11.6 Å². The smallest absolute Gasteiger partial charge is 0.319 e. The van der Waals surface area contributed by atoms with Gasteiger partial charge in [-0.25, -0.2) is 4.79 Å². The van der Waals surface area contributed by atoms with Crippen molar-refractivity contribution in [3.8, 4) is 5.69 Å². The fraction of sp³-hybridized carbons (Fsp3) is 0.194. The van der Waals surface area contributed by atoms with Crippen molar-refractivity contribution in [1.82, 2.24) is 30.8 Å². The summed E-state index contributed by atoms with van der Waals surface area (Å²) in [6.45, 7) is 0.304. The Kier molecular flexibility index (Phi) is 11.7. The van der Waals surface area contributed by atoms with Gasteiger partial charge in [0.15, 0.2) is 0 Å². The molecule has 1 atom stereocenters. The number of aromatic nitrogens is 4. The van der Waals surface area contributed by atoms with Crippen molar-refractivity contribution < 1.29 is 23.9 Å². The van der Waals surface area contributed by atoms with E-state index in [1.165, 1.54) is 24.2 Å². The van der Waals surface area contributed by atoms with Crippen LogP contribution in [0.25, 0.3) is 11.8 Å². The monoisotopic (exact) mass is 630 g/mol. The number of carbonyl (C=O) groups is 4. The number of benzene rings is 3. The summed E-state index contributed by atoms with van der Waals surface area (Å²) in [4.78, 5) is 49.7. The number of nitrogens with zero attached hydrogens (tertiary/aromatic N) is 4. The second-order valence-electron chi connectivity index (χ2n) is 9.67. The third kappa shape index (κ3) is 10.3. The van der Waals surface area contributed by atoms with Gasteiger partial charge in [-0.1, -0.05) is 41.9 Å². The molecule has 0 aliphatic rings. The molecule has 0 bridgehead atoms. The maximum absolute atomic E-state index is 13.4. The van der Waals surface area contributed by atoms with Gasteiger partial charge in [-0.3, -0.25) is 14.4 Å². The van der Waals surface area contributed by atoms with Crippen LogP contribution in [0.3, 0.4) is 0 Å². The van der Waals surface area contributed by atoms with E-state index in [0.29, 0.717) is 40.6 Å². The van der Waals surface area contributed by atoms with Crippen molar-refractivity contribution in [3.63, 3.8) is 0 Å². The minimum atomic E-state index is -0.906. The molecule has 0 saturated heterocycles. The number of nitrogens with one attached hydrogen (secondary N) is 4. The van der Waals surface area contributed by atoms with Crippen LogP contribution in [0.4, 0.5) is 16.2 Å². The van der Waals surface area contributed by atoms with Crippen LogP contribution >= 0.6 is 11.6 Å². The number of tetrazole rings is 1. The summed E-state index contributed by atoms with van der Waals surface area (Å²) in [7, 11) is 1.31. The van der Waals surface area contributed by atoms with Gasteiger partial charge in [0.25, 0.3) is 0 Å². The molecule has 4 rings (SSSR count). The Bertz CT molecular complexity index is 1630. The van der Waals surface area contributed by atoms with Gasteiger partial charge < -0.3 is 26.0 Å². The van der Waals surface area contributed by atoms with Gasteiger partial charge in [-0.05, 0) is 71.0 Å². The van der Waals surface area contributed by atoms with Gasteiger partial charge in [-0.15, -0.1) is 5.10 Å². The molecule has 3 aromatic carbocycles. The first-order valence-electron chi connectivity index (χ1n) is 13.9. The number of urea groups is 1. The summed E-state index contributed by atoms with van der Waals surface area (Å²) >= 11 is 6.17. The predicted molar refractivity (Wildman–Crippen MR) is 169 cm³/mol. The first kappa shape index (κ1) is 32.4. The summed E-state index contributed by atoms with van der Waals surface area (Å²) in [5.41, 5.74) is 3.03. The zero-order valence-electron chi connectivity index (χ0n) is 24.3. The molecule has 0 saturated carbocycles. The molecule has 1 unspecified atom stereocenters. The average Bonchev–Trinajstić information content (AvgIpc) is 3.58. The standard InChI is InChI=1S/C31H31ClN8O5/c1-45-29(42)8-5-17-33-31(44)36-25-13-11-24(12-14-25)35-30(43)26(18-21-6-3-2-4-7-21)37-28(41)16-9-22-19-23(32)10-15-27(22)40-20-34-38-39-40/h2-4,6-7,9-16,19-20,26H,5,8,17-18H2,1H3,(H,35,43)(H,37,41)(H2,33,36,44). The van der Waals surface area contributed by atoms with E-state index in [2.05, 4.69) is 41.5 Å². The molecule has 1 heterocycles. The first-order chi connectivity index (χ1) is 21.8. The summed E-state index contributed by atoms with van der Waals surface area (Å²) in [5, 5.41) is 22.6. The topological polar surface area (TPSA) is 169 Å². The number of esters is 1. The summed E-state index contributed by atoms with van der Waals surface area (Å²) in [6, 6.07) is 19.6. The number of rotatable bonds is 13. The zero-order valence-corrected chi connectivity index (χ0v) is 25.0. The van der Waals surface area contributed by atoms with Crippen molar-refractivity contribution in [2.45, 2.75) is 25.3 Å². The second-order valence-corrected chi connectivity index (χ2v) is 10.1. The largest absolute Gasteiger partial charge is 0.469 e. The maximum Gasteiger partial charge on any atom is 0.319 e. The molecular weight excluding hydrogens is 600 g/mol. The number of methoxy groups -OCH3 is 1. The van der Waals surface area contributed by atoms with E-state index < -0.39 is 23.9 Å². The quantitative estimate of drug-likeness (QED) is 0.0983. The lowest BCUT2D eigenvalue weighted by molar-refractivity contribution is -0.140. The Morgan fingerprint density at radius 2 is 1.71 bits per heavy atom. The Hall–Kier alpha value is -5.56. The van der Waals surface area contributed by atoms with Crippen LogP contribution < -0.4 is 21.3 Å². The van der Waals surface area contributed by atoms with Crippen LogP contribution in [0.15, 0.2) is 85.2 Å². The third-order valence-electron chi connectivity index (χ3n) is 6.40. The van der Waals surface area contributed by atoms with Gasteiger partial charge in [-0.2, -0.15) is 4.68 Å². The van der Waals surface area contributed by atoms with Crippen LogP contribution in [0.1, 0.15) is 24.0 Å². The zero-order chi connectivity index (χ0) is 32.0. The van der Waals surface area contributed by atoms with E-state index in [-0.39, 0.29) is 18.8 Å². The Morgan fingerprint density at radius 3 is 2.40 bits per heavy atom. The normalized spacial score (nSPS) is 11.4. The minimum absolute atomic E-state index is 0.206. The molecular formula is C31H31ClN8O5. The molecule has 232 valence electrons. The van der Waals surface area contributed by atoms with Crippen molar-refractivity contribution >= 4 is 52.9 Å². The number of amides is 4. The Balaban J connectivity index is 1.39. The summed E-state index contributed by atoms with van der Waals surface area (Å²) < 4.78 is 6.02.